The van der Waals surface area contributed by atoms with Crippen molar-refractivity contribution in [3.63, 3.8) is 0 Å². The number of ether oxygens (including phenoxy) is 1. The van der Waals surface area contributed by atoms with E-state index >= 15 is 0 Å². The number of nitrogens with zero attached hydrogens (tertiary/aromatic N) is 1. The summed E-state index contributed by atoms with van der Waals surface area (Å²) in [7, 11) is 1.50. The Labute approximate surface area is 103 Å². The Balaban J connectivity index is 2.73. The maximum absolute atomic E-state index is 13.3. The first-order valence-corrected chi connectivity index (χ1v) is 5.44. The van der Waals surface area contributed by atoms with Crippen LogP contribution in [0.25, 0.3) is 11.3 Å². The number of aromatic amines is 1. The first kappa shape index (κ1) is 12.3. The van der Waals surface area contributed by atoms with Gasteiger partial charge in [0.2, 0.25) is 0 Å². The smallest absolute Gasteiger partial charge is 0.267 e. The lowest BCUT2D eigenvalue weighted by atomic mass is 10.0. The molecular weight excluding hydrogens is 235 g/mol. The average Bonchev–Trinajstić information content (AvgIpc) is 2.36. The third-order valence-electron chi connectivity index (χ3n) is 2.94. The summed E-state index contributed by atoms with van der Waals surface area (Å²) >= 11 is 0. The fourth-order valence-corrected chi connectivity index (χ4v) is 1.75. The lowest BCUT2D eigenvalue weighted by Crippen LogP contribution is -2.14. The predicted octanol–water partition coefficient (Wildman–Crippen LogP) is 2.20. The molecule has 1 aromatic carbocycles. The van der Waals surface area contributed by atoms with Crippen LogP contribution < -0.4 is 10.3 Å². The van der Waals surface area contributed by atoms with Gasteiger partial charge in [-0.1, -0.05) is 0 Å². The van der Waals surface area contributed by atoms with Crippen molar-refractivity contribution in [1.29, 1.82) is 0 Å². The number of rotatable bonds is 2. The van der Waals surface area contributed by atoms with Crippen molar-refractivity contribution >= 4 is 0 Å². The Bertz CT molecular complexity index is 650. The number of nitrogens with one attached hydrogen (secondary N) is 1. The lowest BCUT2D eigenvalue weighted by Gasteiger charge is -2.10. The highest BCUT2D eigenvalue weighted by atomic mass is 19.1. The van der Waals surface area contributed by atoms with Gasteiger partial charge in [0.25, 0.3) is 5.56 Å². The molecule has 0 aliphatic carbocycles. The van der Waals surface area contributed by atoms with E-state index in [1.807, 2.05) is 0 Å². The Morgan fingerprint density at radius 3 is 2.67 bits per heavy atom. The van der Waals surface area contributed by atoms with Crippen LogP contribution in [0.3, 0.4) is 0 Å². The number of hydrogen-bond acceptors (Lipinski definition) is 3. The Kier molecular flexibility index (Phi) is 3.14. The van der Waals surface area contributed by atoms with Crippen molar-refractivity contribution in [2.75, 3.05) is 7.11 Å². The molecule has 0 amide bonds. The Morgan fingerprint density at radius 2 is 2.00 bits per heavy atom. The maximum Gasteiger partial charge on any atom is 0.267 e. The van der Waals surface area contributed by atoms with Crippen molar-refractivity contribution in [2.24, 2.45) is 0 Å². The van der Waals surface area contributed by atoms with Crippen molar-refractivity contribution in [3.05, 3.63) is 45.5 Å². The summed E-state index contributed by atoms with van der Waals surface area (Å²) in [6.07, 6.45) is 0. The van der Waals surface area contributed by atoms with Gasteiger partial charge in [-0.2, -0.15) is 5.10 Å². The van der Waals surface area contributed by atoms with Gasteiger partial charge in [-0.3, -0.25) is 4.79 Å². The van der Waals surface area contributed by atoms with E-state index in [0.717, 1.165) is 0 Å². The number of H-pyrrole nitrogens is 1. The third kappa shape index (κ3) is 1.99. The quantitative estimate of drug-likeness (QED) is 0.886. The van der Waals surface area contributed by atoms with Crippen LogP contribution in [0.5, 0.6) is 5.75 Å². The zero-order valence-electron chi connectivity index (χ0n) is 10.4. The van der Waals surface area contributed by atoms with Crippen LogP contribution in [0, 0.1) is 19.7 Å². The van der Waals surface area contributed by atoms with Crippen molar-refractivity contribution in [3.8, 4) is 17.0 Å². The number of halogens is 1. The van der Waals surface area contributed by atoms with E-state index in [2.05, 4.69) is 10.2 Å². The van der Waals surface area contributed by atoms with Crippen LogP contribution in [0.15, 0.2) is 23.0 Å². The second-order valence-electron chi connectivity index (χ2n) is 4.00. The summed E-state index contributed by atoms with van der Waals surface area (Å²) in [5.74, 6) is 0.134. The number of methoxy groups -OCH3 is 1. The molecular formula is C13H13FN2O2. The molecule has 0 bridgehead atoms. The van der Waals surface area contributed by atoms with E-state index in [1.54, 1.807) is 13.8 Å². The predicted molar refractivity (Wildman–Crippen MR) is 66.3 cm³/mol. The van der Waals surface area contributed by atoms with Gasteiger partial charge < -0.3 is 4.74 Å². The molecule has 0 unspecified atom stereocenters. The molecule has 4 nitrogen and oxygen atoms in total. The van der Waals surface area contributed by atoms with Gasteiger partial charge in [0.05, 0.1) is 12.8 Å². The topological polar surface area (TPSA) is 55.0 Å². The molecule has 0 spiro atoms. The minimum absolute atomic E-state index is 0.244. The summed E-state index contributed by atoms with van der Waals surface area (Å²) in [5, 5.41) is 6.37. The summed E-state index contributed by atoms with van der Waals surface area (Å²) < 4.78 is 18.5. The molecule has 1 aromatic heterocycles. The summed E-state index contributed by atoms with van der Waals surface area (Å²) in [5.41, 5.74) is 2.07. The van der Waals surface area contributed by atoms with E-state index in [-0.39, 0.29) is 11.4 Å². The molecule has 2 aromatic rings. The first-order chi connectivity index (χ1) is 8.54. The third-order valence-corrected chi connectivity index (χ3v) is 2.94. The van der Waals surface area contributed by atoms with Crippen LogP contribution in [0.4, 0.5) is 4.39 Å². The van der Waals surface area contributed by atoms with Crippen molar-refractivity contribution < 1.29 is 9.13 Å². The second-order valence-corrected chi connectivity index (χ2v) is 4.00. The highest BCUT2D eigenvalue weighted by molar-refractivity contribution is 5.70. The molecule has 5 heteroatoms. The molecule has 1 N–H and O–H groups in total. The number of benzene rings is 1. The van der Waals surface area contributed by atoms with Gasteiger partial charge in [0.1, 0.15) is 11.6 Å². The van der Waals surface area contributed by atoms with E-state index in [4.69, 9.17) is 4.74 Å². The largest absolute Gasteiger partial charge is 0.496 e. The number of hydrogen-bond donors (Lipinski definition) is 1. The van der Waals surface area contributed by atoms with E-state index in [1.165, 1.54) is 25.3 Å². The SMILES string of the molecule is COc1ccc(F)cc1-c1n[nH]c(=O)c(C)c1C. The Morgan fingerprint density at radius 1 is 1.28 bits per heavy atom. The summed E-state index contributed by atoms with van der Waals surface area (Å²) in [6, 6.07) is 4.19. The van der Waals surface area contributed by atoms with Gasteiger partial charge in [-0.05, 0) is 37.6 Å². The fourth-order valence-electron chi connectivity index (χ4n) is 1.75. The summed E-state index contributed by atoms with van der Waals surface area (Å²) in [6.45, 7) is 3.47. The monoisotopic (exact) mass is 248 g/mol. The summed E-state index contributed by atoms with van der Waals surface area (Å²) in [4.78, 5) is 11.4. The van der Waals surface area contributed by atoms with Crippen LogP contribution in [-0.4, -0.2) is 17.3 Å². The van der Waals surface area contributed by atoms with E-state index in [0.29, 0.717) is 28.1 Å². The average molecular weight is 248 g/mol. The van der Waals surface area contributed by atoms with Crippen LogP contribution >= 0.6 is 0 Å². The highest BCUT2D eigenvalue weighted by Crippen LogP contribution is 2.31. The molecule has 94 valence electrons. The van der Waals surface area contributed by atoms with Crippen molar-refractivity contribution in [1.82, 2.24) is 10.2 Å². The molecule has 0 saturated heterocycles. The molecule has 18 heavy (non-hydrogen) atoms. The highest BCUT2D eigenvalue weighted by Gasteiger charge is 2.14. The van der Waals surface area contributed by atoms with Gasteiger partial charge in [-0.15, -0.1) is 0 Å². The first-order valence-electron chi connectivity index (χ1n) is 5.44. The standard InChI is InChI=1S/C13H13FN2O2/c1-7-8(2)13(17)16-15-12(7)10-6-9(14)4-5-11(10)18-3/h4-6H,1-3H3,(H,16,17). The molecule has 0 radical (unpaired) electrons. The van der Waals surface area contributed by atoms with Gasteiger partial charge in [0.15, 0.2) is 0 Å². The zero-order valence-corrected chi connectivity index (χ0v) is 10.4. The number of aromatic nitrogens is 2. The van der Waals surface area contributed by atoms with Gasteiger partial charge in [0, 0.05) is 11.1 Å². The molecule has 0 atom stereocenters. The van der Waals surface area contributed by atoms with Crippen LogP contribution in [0.2, 0.25) is 0 Å². The minimum atomic E-state index is -0.379. The lowest BCUT2D eigenvalue weighted by molar-refractivity contribution is 0.415. The maximum atomic E-state index is 13.3. The van der Waals surface area contributed by atoms with Gasteiger partial charge >= 0.3 is 0 Å². The minimum Gasteiger partial charge on any atom is -0.496 e. The fraction of sp³-hybridized carbons (Fsp3) is 0.231. The molecule has 0 aliphatic rings. The molecule has 0 saturated carbocycles. The molecule has 1 heterocycles. The normalized spacial score (nSPS) is 10.4. The van der Waals surface area contributed by atoms with E-state index < -0.39 is 0 Å². The Hall–Kier alpha value is -2.17. The van der Waals surface area contributed by atoms with Crippen LogP contribution in [-0.2, 0) is 0 Å². The molecule has 0 aliphatic heterocycles. The second kappa shape index (κ2) is 4.60. The molecule has 0 fully saturated rings. The van der Waals surface area contributed by atoms with Crippen molar-refractivity contribution in [2.45, 2.75) is 13.8 Å². The molecule has 2 rings (SSSR count). The van der Waals surface area contributed by atoms with Gasteiger partial charge in [-0.25, -0.2) is 9.49 Å². The van der Waals surface area contributed by atoms with E-state index in [9.17, 15) is 9.18 Å². The zero-order chi connectivity index (χ0) is 13.3. The van der Waals surface area contributed by atoms with Crippen LogP contribution in [0.1, 0.15) is 11.1 Å².